The maximum absolute atomic E-state index is 8.68. The van der Waals surface area contributed by atoms with E-state index in [0.29, 0.717) is 6.42 Å². The minimum absolute atomic E-state index is 0.0137. The topological polar surface area (TPSA) is 46.2 Å². The fourth-order valence-electron chi connectivity index (χ4n) is 0.745. The number of hydrogen-bond donors (Lipinski definition) is 2. The van der Waals surface area contributed by atoms with Crippen LogP contribution < -0.4 is 5.73 Å². The summed E-state index contributed by atoms with van der Waals surface area (Å²) in [5.74, 6) is 0. The van der Waals surface area contributed by atoms with E-state index in [2.05, 4.69) is 6.58 Å². The van der Waals surface area contributed by atoms with Crippen molar-refractivity contribution in [3.63, 3.8) is 0 Å². The molecule has 1 unspecified atom stereocenters. The average Bonchev–Trinajstić information content (AvgIpc) is 1.63. The molecule has 0 amide bonds. The quantitative estimate of drug-likeness (QED) is 0.550. The highest BCUT2D eigenvalue weighted by atomic mass is 16.3. The summed E-state index contributed by atoms with van der Waals surface area (Å²) in [6.07, 6.45) is 0.684. The van der Waals surface area contributed by atoms with Crippen LogP contribution in [0.5, 0.6) is 0 Å². The zero-order chi connectivity index (χ0) is 7.49. The Labute approximate surface area is 56.4 Å². The van der Waals surface area contributed by atoms with Gasteiger partial charge in [0.05, 0.1) is 6.61 Å². The monoisotopic (exact) mass is 129 g/mol. The summed E-state index contributed by atoms with van der Waals surface area (Å²) in [4.78, 5) is 0. The molecule has 9 heavy (non-hydrogen) atoms. The molecule has 0 aliphatic carbocycles. The van der Waals surface area contributed by atoms with Crippen LogP contribution in [-0.2, 0) is 0 Å². The molecule has 0 fully saturated rings. The van der Waals surface area contributed by atoms with Crippen LogP contribution in [0.1, 0.15) is 20.3 Å². The minimum atomic E-state index is -0.480. The van der Waals surface area contributed by atoms with Crippen LogP contribution in [0, 0.1) is 0 Å². The largest absolute Gasteiger partial charge is 0.394 e. The predicted molar refractivity (Wildman–Crippen MR) is 39.1 cm³/mol. The molecule has 0 spiro atoms. The van der Waals surface area contributed by atoms with E-state index in [0.717, 1.165) is 5.57 Å². The maximum atomic E-state index is 8.68. The Balaban J connectivity index is 3.71. The standard InChI is InChI=1S/C7H15NO/c1-6(2)4-7(3,8)5-9/h9H,1,4-5,8H2,2-3H3. The molecule has 0 aromatic heterocycles. The molecule has 0 radical (unpaired) electrons. The molecule has 0 aliphatic rings. The Hall–Kier alpha value is -0.340. The first kappa shape index (κ1) is 8.66. The van der Waals surface area contributed by atoms with Gasteiger partial charge in [0.15, 0.2) is 0 Å². The van der Waals surface area contributed by atoms with Crippen molar-refractivity contribution in [1.82, 2.24) is 0 Å². The smallest absolute Gasteiger partial charge is 0.0611 e. The molecule has 0 rings (SSSR count). The first-order valence-electron chi connectivity index (χ1n) is 3.02. The molecule has 0 aromatic carbocycles. The van der Waals surface area contributed by atoms with Gasteiger partial charge in [-0.15, -0.1) is 6.58 Å². The zero-order valence-electron chi connectivity index (χ0n) is 6.15. The molecule has 0 saturated heterocycles. The highest BCUT2D eigenvalue weighted by molar-refractivity contribution is 4.97. The van der Waals surface area contributed by atoms with Crippen LogP contribution in [0.4, 0.5) is 0 Å². The van der Waals surface area contributed by atoms with Crippen LogP contribution in [0.3, 0.4) is 0 Å². The molecule has 1 atom stereocenters. The van der Waals surface area contributed by atoms with E-state index in [1.807, 2.05) is 13.8 Å². The van der Waals surface area contributed by atoms with Crippen molar-refractivity contribution >= 4 is 0 Å². The maximum Gasteiger partial charge on any atom is 0.0611 e. The van der Waals surface area contributed by atoms with Gasteiger partial charge in [0.2, 0.25) is 0 Å². The Kier molecular flexibility index (Phi) is 2.88. The van der Waals surface area contributed by atoms with Crippen LogP contribution >= 0.6 is 0 Å². The lowest BCUT2D eigenvalue weighted by Crippen LogP contribution is -2.40. The number of aliphatic hydroxyl groups excluding tert-OH is 1. The molecule has 3 N–H and O–H groups in total. The Bertz CT molecular complexity index is 107. The van der Waals surface area contributed by atoms with Crippen molar-refractivity contribution in [2.75, 3.05) is 6.61 Å². The van der Waals surface area contributed by atoms with Crippen LogP contribution in [0.15, 0.2) is 12.2 Å². The Morgan fingerprint density at radius 2 is 2.22 bits per heavy atom. The molecule has 0 heterocycles. The van der Waals surface area contributed by atoms with Crippen LogP contribution in [-0.4, -0.2) is 17.3 Å². The predicted octanol–water partition coefficient (Wildman–Crippen LogP) is 0.662. The van der Waals surface area contributed by atoms with Gasteiger partial charge in [0, 0.05) is 5.54 Å². The van der Waals surface area contributed by atoms with Crippen LogP contribution in [0.25, 0.3) is 0 Å². The summed E-state index contributed by atoms with van der Waals surface area (Å²) >= 11 is 0. The minimum Gasteiger partial charge on any atom is -0.394 e. The van der Waals surface area contributed by atoms with E-state index in [9.17, 15) is 0 Å². The first-order chi connectivity index (χ1) is 3.98. The highest BCUT2D eigenvalue weighted by Gasteiger charge is 2.15. The average molecular weight is 129 g/mol. The summed E-state index contributed by atoms with van der Waals surface area (Å²) in [7, 11) is 0. The first-order valence-corrected chi connectivity index (χ1v) is 3.02. The number of aliphatic hydroxyl groups is 1. The molecule has 0 saturated carbocycles. The van der Waals surface area contributed by atoms with E-state index < -0.39 is 5.54 Å². The summed E-state index contributed by atoms with van der Waals surface area (Å²) in [6.45, 7) is 7.42. The van der Waals surface area contributed by atoms with Crippen molar-refractivity contribution in [1.29, 1.82) is 0 Å². The fraction of sp³-hybridized carbons (Fsp3) is 0.714. The number of hydrogen-bond acceptors (Lipinski definition) is 2. The van der Waals surface area contributed by atoms with Gasteiger partial charge in [-0.2, -0.15) is 0 Å². The normalized spacial score (nSPS) is 16.9. The zero-order valence-corrected chi connectivity index (χ0v) is 6.15. The second-order valence-electron chi connectivity index (χ2n) is 2.95. The third-order valence-electron chi connectivity index (χ3n) is 1.07. The van der Waals surface area contributed by atoms with Crippen molar-refractivity contribution in [3.8, 4) is 0 Å². The van der Waals surface area contributed by atoms with Gasteiger partial charge in [-0.05, 0) is 20.3 Å². The van der Waals surface area contributed by atoms with Crippen molar-refractivity contribution < 1.29 is 5.11 Å². The SMILES string of the molecule is C=C(C)CC(C)(N)CO. The third-order valence-corrected chi connectivity index (χ3v) is 1.07. The van der Waals surface area contributed by atoms with E-state index in [1.54, 1.807) is 0 Å². The molecule has 0 aromatic rings. The summed E-state index contributed by atoms with van der Waals surface area (Å²) < 4.78 is 0. The number of nitrogens with two attached hydrogens (primary N) is 1. The van der Waals surface area contributed by atoms with Gasteiger partial charge in [-0.25, -0.2) is 0 Å². The Morgan fingerprint density at radius 1 is 1.78 bits per heavy atom. The molecule has 0 aliphatic heterocycles. The molecule has 2 heteroatoms. The summed E-state index contributed by atoms with van der Waals surface area (Å²) in [5.41, 5.74) is 6.13. The lowest BCUT2D eigenvalue weighted by Gasteiger charge is -2.20. The van der Waals surface area contributed by atoms with Crippen molar-refractivity contribution in [3.05, 3.63) is 12.2 Å². The lowest BCUT2D eigenvalue weighted by molar-refractivity contribution is 0.208. The van der Waals surface area contributed by atoms with E-state index in [1.165, 1.54) is 0 Å². The molecular weight excluding hydrogens is 114 g/mol. The molecular formula is C7H15NO. The van der Waals surface area contributed by atoms with Crippen molar-refractivity contribution in [2.45, 2.75) is 25.8 Å². The van der Waals surface area contributed by atoms with E-state index in [-0.39, 0.29) is 6.61 Å². The van der Waals surface area contributed by atoms with Gasteiger partial charge in [0.1, 0.15) is 0 Å². The molecule has 0 bridgehead atoms. The van der Waals surface area contributed by atoms with Gasteiger partial charge >= 0.3 is 0 Å². The van der Waals surface area contributed by atoms with Gasteiger partial charge in [-0.1, -0.05) is 5.57 Å². The van der Waals surface area contributed by atoms with E-state index >= 15 is 0 Å². The summed E-state index contributed by atoms with van der Waals surface area (Å²) in [5, 5.41) is 8.68. The molecule has 2 nitrogen and oxygen atoms in total. The second-order valence-corrected chi connectivity index (χ2v) is 2.95. The fourth-order valence-corrected chi connectivity index (χ4v) is 0.745. The molecule has 54 valence electrons. The third kappa shape index (κ3) is 4.18. The van der Waals surface area contributed by atoms with Crippen molar-refractivity contribution in [2.24, 2.45) is 5.73 Å². The van der Waals surface area contributed by atoms with Crippen LogP contribution in [0.2, 0.25) is 0 Å². The van der Waals surface area contributed by atoms with Gasteiger partial charge in [0.25, 0.3) is 0 Å². The lowest BCUT2D eigenvalue weighted by atomic mass is 9.97. The van der Waals surface area contributed by atoms with Gasteiger partial charge in [-0.3, -0.25) is 0 Å². The highest BCUT2D eigenvalue weighted by Crippen LogP contribution is 2.09. The Morgan fingerprint density at radius 3 is 2.33 bits per heavy atom. The van der Waals surface area contributed by atoms with Gasteiger partial charge < -0.3 is 10.8 Å². The summed E-state index contributed by atoms with van der Waals surface area (Å²) in [6, 6.07) is 0. The number of rotatable bonds is 3. The van der Waals surface area contributed by atoms with E-state index in [4.69, 9.17) is 10.8 Å². The second kappa shape index (κ2) is 2.99.